The molecule has 0 aliphatic carbocycles. The molecule has 3 aliphatic rings. The zero-order valence-electron chi connectivity index (χ0n) is 28.9. The van der Waals surface area contributed by atoms with Crippen LogP contribution in [0.25, 0.3) is 0 Å². The molecule has 21 heteroatoms. The Kier molecular flexibility index (Phi) is 11.4. The van der Waals surface area contributed by atoms with E-state index >= 15 is 0 Å². The van der Waals surface area contributed by atoms with Crippen molar-refractivity contribution in [1.82, 2.24) is 26.0 Å². The number of aryl methyl sites for hydroxylation is 1. The molecule has 4 heterocycles. The Balaban J connectivity index is 1.28. The number of methoxy groups -OCH3 is 1. The van der Waals surface area contributed by atoms with Gasteiger partial charge in [-0.3, -0.25) is 19.6 Å². The summed E-state index contributed by atoms with van der Waals surface area (Å²) in [6, 6.07) is 4.15. The number of piperidine rings is 1. The first-order valence-corrected chi connectivity index (χ1v) is 18.5. The molecule has 3 aliphatic heterocycles. The number of hydrogen-bond donors (Lipinski definition) is 7. The highest BCUT2D eigenvalue weighted by molar-refractivity contribution is 7.80. The minimum Gasteiger partial charge on any atom is -0.485 e. The minimum atomic E-state index is -5.03. The molecule has 2 amide bonds. The highest BCUT2D eigenvalue weighted by atomic mass is 32.3. The van der Waals surface area contributed by atoms with Gasteiger partial charge in [0.1, 0.15) is 23.3 Å². The van der Waals surface area contributed by atoms with Gasteiger partial charge in [0.15, 0.2) is 16.9 Å². The van der Waals surface area contributed by atoms with Crippen molar-refractivity contribution in [3.05, 3.63) is 40.4 Å². The van der Waals surface area contributed by atoms with Crippen molar-refractivity contribution in [2.75, 3.05) is 32.5 Å². The molecular weight excluding hydrogens is 725 g/mol. The number of hydrogen-bond acceptors (Lipinski definition) is 15. The number of amidine groups is 1. The van der Waals surface area contributed by atoms with Crippen molar-refractivity contribution in [3.8, 4) is 5.75 Å². The zero-order chi connectivity index (χ0) is 38.0. The summed E-state index contributed by atoms with van der Waals surface area (Å²) in [5.74, 6) is -2.40. The Hall–Kier alpha value is -4.41. The van der Waals surface area contributed by atoms with Crippen LogP contribution in [0, 0.1) is 11.3 Å². The summed E-state index contributed by atoms with van der Waals surface area (Å²) in [6.07, 6.45) is 1.43. The number of rotatable bonds is 14. The summed E-state index contributed by atoms with van der Waals surface area (Å²) in [5, 5.41) is 33.7. The summed E-state index contributed by atoms with van der Waals surface area (Å²) in [7, 11) is -3.36. The first-order chi connectivity index (χ1) is 24.4. The summed E-state index contributed by atoms with van der Waals surface area (Å²) < 4.78 is 47.1. The number of oxime groups is 1. The number of carboxylic acids is 1. The van der Waals surface area contributed by atoms with Crippen LogP contribution < -0.4 is 26.4 Å². The van der Waals surface area contributed by atoms with Gasteiger partial charge in [-0.1, -0.05) is 5.16 Å². The Bertz CT molecular complexity index is 1850. The van der Waals surface area contributed by atoms with E-state index in [1.165, 1.54) is 26.2 Å². The number of nitrogens with one attached hydrogen (secondary N) is 4. The molecule has 19 nitrogen and oxygen atoms in total. The fraction of sp³-hybridized carbons (Fsp3) is 0.548. The molecular formula is C31H42N8O11S2. The third-order valence-corrected chi connectivity index (χ3v) is 10.3. The molecule has 5 atom stereocenters. The van der Waals surface area contributed by atoms with Crippen LogP contribution in [0.2, 0.25) is 0 Å². The molecule has 8 N–H and O–H groups in total. The second-order valence-corrected chi connectivity index (χ2v) is 15.3. The van der Waals surface area contributed by atoms with Crippen molar-refractivity contribution in [3.63, 3.8) is 0 Å². The predicted molar refractivity (Wildman–Crippen MR) is 186 cm³/mol. The Morgan fingerprint density at radius 1 is 1.33 bits per heavy atom. The summed E-state index contributed by atoms with van der Waals surface area (Å²) in [6.45, 7) is 6.15. The minimum absolute atomic E-state index is 0.0566. The van der Waals surface area contributed by atoms with E-state index in [1.807, 2.05) is 6.07 Å². The van der Waals surface area contributed by atoms with Crippen LogP contribution in [0.15, 0.2) is 28.7 Å². The Morgan fingerprint density at radius 3 is 2.71 bits per heavy atom. The highest BCUT2D eigenvalue weighted by Gasteiger charge is 2.58. The fourth-order valence-corrected chi connectivity index (χ4v) is 7.29. The number of carboxylic acid groups (broad SMARTS) is 1. The van der Waals surface area contributed by atoms with Gasteiger partial charge in [0, 0.05) is 30.6 Å². The number of aromatic nitrogens is 1. The number of thiazole rings is 1. The van der Waals surface area contributed by atoms with Crippen LogP contribution in [0.3, 0.4) is 0 Å². The lowest BCUT2D eigenvalue weighted by atomic mass is 9.84. The quantitative estimate of drug-likeness (QED) is 0.0452. The largest absolute Gasteiger partial charge is 0.485 e. The number of carbonyl (C=O) groups is 3. The molecule has 0 unspecified atom stereocenters. The van der Waals surface area contributed by atoms with Crippen molar-refractivity contribution < 1.29 is 51.1 Å². The van der Waals surface area contributed by atoms with Crippen molar-refractivity contribution in [1.29, 1.82) is 5.41 Å². The number of benzene rings is 1. The van der Waals surface area contributed by atoms with Crippen molar-refractivity contribution in [2.24, 2.45) is 11.1 Å². The Morgan fingerprint density at radius 2 is 2.08 bits per heavy atom. The van der Waals surface area contributed by atoms with Gasteiger partial charge < -0.3 is 41.1 Å². The van der Waals surface area contributed by atoms with Gasteiger partial charge in [0.2, 0.25) is 0 Å². The van der Waals surface area contributed by atoms with Gasteiger partial charge in [0.05, 0.1) is 12.1 Å². The molecule has 0 saturated carbocycles. The third kappa shape index (κ3) is 8.45. The van der Waals surface area contributed by atoms with Crippen LogP contribution in [0.4, 0.5) is 5.13 Å². The van der Waals surface area contributed by atoms with E-state index in [4.69, 9.17) is 30.0 Å². The summed E-state index contributed by atoms with van der Waals surface area (Å²) in [4.78, 5) is 48.5. The van der Waals surface area contributed by atoms with E-state index in [-0.39, 0.29) is 29.1 Å². The molecule has 2 saturated heterocycles. The SMILES string of the molecule is COC[C@H]1C[C@@H](CNC(=N)c2ccc3c(c2)CC[C@H]([C@](C)(O/N=C(\C(=O)N[C@@H]2C(=O)N(OS(=O)(=O)O)C2(C)C)c2csc(N)n2)C(=O)O)O3)CCN1. The molecule has 2 aromatic rings. The number of carbonyl (C=O) groups excluding carboxylic acids is 2. The van der Waals surface area contributed by atoms with Gasteiger partial charge in [-0.05, 0) is 82.7 Å². The number of nitrogens with two attached hydrogens (primary N) is 1. The molecule has 1 aromatic heterocycles. The van der Waals surface area contributed by atoms with Gasteiger partial charge in [-0.15, -0.1) is 15.6 Å². The number of amides is 2. The second kappa shape index (κ2) is 15.3. The van der Waals surface area contributed by atoms with Gasteiger partial charge in [-0.25, -0.2) is 9.78 Å². The van der Waals surface area contributed by atoms with Crippen molar-refractivity contribution in [2.45, 2.75) is 75.8 Å². The molecule has 52 heavy (non-hydrogen) atoms. The topological polar surface area (TPSA) is 277 Å². The molecule has 1 aromatic carbocycles. The van der Waals surface area contributed by atoms with E-state index in [0.717, 1.165) is 36.3 Å². The van der Waals surface area contributed by atoms with Crippen LogP contribution in [-0.4, -0.2) is 114 Å². The standard InChI is InChI=1S/C31H42N8O11S2/c1-30(2)24(27(41)39(30)50-52(44,45)46)37-26(40)23(20-15-51-29(33)36-20)38-49-31(3,28(42)43)22-8-6-17-12-18(5-7-21(17)48-22)25(32)35-13-16-9-10-34-19(11-16)14-47-4/h5,7,12,15-16,19,22,24,34H,6,8-11,13-14H2,1-4H3,(H2,32,35)(H2,33,36)(H,37,40)(H,42,43)(H,44,45,46)/b38-23-/t16-,19+,22+,24+,31-/m0/s1. The lowest BCUT2D eigenvalue weighted by molar-refractivity contribution is -0.218. The van der Waals surface area contributed by atoms with Crippen LogP contribution in [-0.2, 0) is 45.1 Å². The third-order valence-electron chi connectivity index (χ3n) is 9.30. The first-order valence-electron chi connectivity index (χ1n) is 16.3. The van der Waals surface area contributed by atoms with Gasteiger partial charge in [0.25, 0.3) is 17.4 Å². The maximum Gasteiger partial charge on any atom is 0.418 e. The lowest BCUT2D eigenvalue weighted by Gasteiger charge is -2.50. The maximum absolute atomic E-state index is 13.5. The number of fused-ring (bicyclic) bond motifs is 1. The number of ether oxygens (including phenoxy) is 2. The normalized spacial score (nSPS) is 24.1. The molecule has 5 rings (SSSR count). The average molecular weight is 767 g/mol. The lowest BCUT2D eigenvalue weighted by Crippen LogP contribution is -2.76. The van der Waals surface area contributed by atoms with Crippen LogP contribution >= 0.6 is 11.3 Å². The highest BCUT2D eigenvalue weighted by Crippen LogP contribution is 2.35. The molecule has 2 fully saturated rings. The van der Waals surface area contributed by atoms with E-state index in [9.17, 15) is 27.9 Å². The summed E-state index contributed by atoms with van der Waals surface area (Å²) in [5.41, 5.74) is 3.02. The van der Waals surface area contributed by atoms with Crippen molar-refractivity contribution >= 4 is 56.2 Å². The Labute approximate surface area is 303 Å². The number of hydroxylamine groups is 2. The van der Waals surface area contributed by atoms with E-state index < -0.39 is 57.2 Å². The van der Waals surface area contributed by atoms with Gasteiger partial charge in [-0.2, -0.15) is 13.5 Å². The zero-order valence-corrected chi connectivity index (χ0v) is 30.5. The summed E-state index contributed by atoms with van der Waals surface area (Å²) >= 11 is 0.964. The number of β-lactam (4-membered cyclic amide) rings is 1. The van der Waals surface area contributed by atoms with Crippen LogP contribution in [0.1, 0.15) is 56.9 Å². The second-order valence-electron chi connectivity index (χ2n) is 13.4. The maximum atomic E-state index is 13.5. The van der Waals surface area contributed by atoms with E-state index in [0.29, 0.717) is 41.9 Å². The molecule has 284 valence electrons. The average Bonchev–Trinajstić information content (AvgIpc) is 3.53. The number of anilines is 1. The molecule has 0 bridgehead atoms. The molecule has 0 radical (unpaired) electrons. The number of nitrogens with zero attached hydrogens (tertiary/aromatic N) is 3. The van der Waals surface area contributed by atoms with Gasteiger partial charge >= 0.3 is 16.4 Å². The number of aliphatic carboxylic acids is 1. The first kappa shape index (κ1) is 38.8. The van der Waals surface area contributed by atoms with Crippen LogP contribution in [0.5, 0.6) is 5.75 Å². The molecule has 0 spiro atoms. The van der Waals surface area contributed by atoms with E-state index in [1.54, 1.807) is 19.2 Å². The monoisotopic (exact) mass is 766 g/mol. The smallest absolute Gasteiger partial charge is 0.418 e. The predicted octanol–water partition coefficient (Wildman–Crippen LogP) is 0.453. The van der Waals surface area contributed by atoms with E-state index in [2.05, 4.69) is 30.4 Å². The number of nitrogen functional groups attached to an aromatic ring is 1. The fourth-order valence-electron chi connectivity index (χ4n) is 6.29.